The van der Waals surface area contributed by atoms with E-state index in [0.717, 1.165) is 22.4 Å². The third-order valence-corrected chi connectivity index (χ3v) is 4.80. The molecule has 3 heteroatoms. The molecular weight excluding hydrogens is 322 g/mol. The summed E-state index contributed by atoms with van der Waals surface area (Å²) in [5.74, 6) is 0.733. The number of hydrogen-bond donors (Lipinski definition) is 1. The van der Waals surface area contributed by atoms with Gasteiger partial charge in [0.2, 0.25) is 5.91 Å². The van der Waals surface area contributed by atoms with Crippen molar-refractivity contribution in [3.05, 3.63) is 102 Å². The second kappa shape index (κ2) is 7.44. The lowest BCUT2D eigenvalue weighted by Gasteiger charge is -2.27. The zero-order valence-corrected chi connectivity index (χ0v) is 14.5. The lowest BCUT2D eigenvalue weighted by molar-refractivity contribution is -0.126. The van der Waals surface area contributed by atoms with Gasteiger partial charge in [0.15, 0.2) is 0 Å². The summed E-state index contributed by atoms with van der Waals surface area (Å²) in [5, 5.41) is 3.23. The van der Waals surface area contributed by atoms with E-state index in [1.54, 1.807) is 0 Å². The Morgan fingerprint density at radius 3 is 2.08 bits per heavy atom. The number of carbonyl (C=O) groups excluding carboxylic acids is 1. The fourth-order valence-corrected chi connectivity index (χ4v) is 3.41. The smallest absolute Gasteiger partial charge is 0.227 e. The van der Waals surface area contributed by atoms with Crippen LogP contribution in [0.5, 0.6) is 5.75 Å². The number of hydrogen-bond acceptors (Lipinski definition) is 2. The maximum absolute atomic E-state index is 13.0. The van der Waals surface area contributed by atoms with Gasteiger partial charge in [0.1, 0.15) is 12.4 Å². The second-order valence-corrected chi connectivity index (χ2v) is 6.58. The minimum Gasteiger partial charge on any atom is -0.492 e. The first-order valence-corrected chi connectivity index (χ1v) is 8.92. The predicted octanol–water partition coefficient (Wildman–Crippen LogP) is 4.14. The van der Waals surface area contributed by atoms with Crippen molar-refractivity contribution in [1.82, 2.24) is 5.32 Å². The van der Waals surface area contributed by atoms with Gasteiger partial charge in [-0.15, -0.1) is 0 Å². The molecule has 3 aromatic rings. The van der Waals surface area contributed by atoms with Crippen LogP contribution in [0.15, 0.2) is 84.9 Å². The van der Waals surface area contributed by atoms with E-state index in [9.17, 15) is 4.79 Å². The largest absolute Gasteiger partial charge is 0.492 e. The number of carbonyl (C=O) groups is 1. The van der Waals surface area contributed by atoms with Crippen molar-refractivity contribution < 1.29 is 9.53 Å². The highest BCUT2D eigenvalue weighted by molar-refractivity contribution is 5.80. The van der Waals surface area contributed by atoms with Crippen LogP contribution in [0.2, 0.25) is 0 Å². The van der Waals surface area contributed by atoms with Gasteiger partial charge in [-0.25, -0.2) is 0 Å². The predicted molar refractivity (Wildman–Crippen MR) is 102 cm³/mol. The number of fused-ring (bicyclic) bond motifs is 1. The summed E-state index contributed by atoms with van der Waals surface area (Å²) in [6.45, 7) is 0.416. The summed E-state index contributed by atoms with van der Waals surface area (Å²) in [7, 11) is 0. The Kier molecular flexibility index (Phi) is 4.69. The molecule has 1 aliphatic heterocycles. The van der Waals surface area contributed by atoms with Gasteiger partial charge < -0.3 is 10.1 Å². The number of rotatable bonds is 4. The van der Waals surface area contributed by atoms with Crippen molar-refractivity contribution in [3.63, 3.8) is 0 Å². The van der Waals surface area contributed by atoms with E-state index < -0.39 is 0 Å². The van der Waals surface area contributed by atoms with Gasteiger partial charge in [-0.05, 0) is 29.2 Å². The van der Waals surface area contributed by atoms with Crippen LogP contribution in [0.1, 0.15) is 22.7 Å². The first kappa shape index (κ1) is 16.4. The zero-order chi connectivity index (χ0) is 17.8. The average molecular weight is 343 g/mol. The van der Waals surface area contributed by atoms with Crippen LogP contribution >= 0.6 is 0 Å². The van der Waals surface area contributed by atoms with Gasteiger partial charge >= 0.3 is 0 Å². The molecule has 0 spiro atoms. The molecule has 4 rings (SSSR count). The summed E-state index contributed by atoms with van der Waals surface area (Å²) in [5.41, 5.74) is 3.24. The topological polar surface area (TPSA) is 38.3 Å². The van der Waals surface area contributed by atoms with Gasteiger partial charge in [-0.2, -0.15) is 0 Å². The summed E-state index contributed by atoms with van der Waals surface area (Å²) in [4.78, 5) is 13.0. The lowest BCUT2D eigenvalue weighted by Crippen LogP contribution is -2.39. The maximum Gasteiger partial charge on any atom is 0.227 e. The van der Waals surface area contributed by atoms with Crippen LogP contribution < -0.4 is 10.1 Å². The first-order valence-electron chi connectivity index (χ1n) is 8.92. The van der Waals surface area contributed by atoms with Crippen LogP contribution in [-0.2, 0) is 11.2 Å². The van der Waals surface area contributed by atoms with Crippen molar-refractivity contribution in [1.29, 1.82) is 0 Å². The molecule has 3 aromatic carbocycles. The Morgan fingerprint density at radius 2 is 1.42 bits per heavy atom. The SMILES string of the molecule is O=C(NC(c1ccccc1)c1ccccc1)[C@@H]1COc2ccccc2C1. The molecule has 0 aliphatic carbocycles. The minimum atomic E-state index is -0.181. The zero-order valence-electron chi connectivity index (χ0n) is 14.5. The normalized spacial score (nSPS) is 15.8. The molecule has 0 fully saturated rings. The molecule has 0 aromatic heterocycles. The highest BCUT2D eigenvalue weighted by atomic mass is 16.5. The molecule has 1 atom stereocenters. The molecule has 26 heavy (non-hydrogen) atoms. The van der Waals surface area contributed by atoms with Gasteiger partial charge in [-0.3, -0.25) is 4.79 Å². The molecule has 1 aliphatic rings. The summed E-state index contributed by atoms with van der Waals surface area (Å²) in [6.07, 6.45) is 0.707. The Labute approximate surface area is 153 Å². The van der Waals surface area contributed by atoms with Crippen molar-refractivity contribution in [2.24, 2.45) is 5.92 Å². The van der Waals surface area contributed by atoms with Crippen LogP contribution in [-0.4, -0.2) is 12.5 Å². The van der Waals surface area contributed by atoms with Crippen LogP contribution in [0.25, 0.3) is 0 Å². The van der Waals surface area contributed by atoms with Crippen LogP contribution in [0.4, 0.5) is 0 Å². The van der Waals surface area contributed by atoms with Crippen LogP contribution in [0, 0.1) is 5.92 Å². The molecule has 0 bridgehead atoms. The molecule has 1 N–H and O–H groups in total. The molecular formula is C23H21NO2. The molecule has 0 saturated heterocycles. The van der Waals surface area contributed by atoms with E-state index in [1.807, 2.05) is 84.9 Å². The maximum atomic E-state index is 13.0. The van der Waals surface area contributed by atoms with Gasteiger partial charge in [0.25, 0.3) is 0 Å². The van der Waals surface area contributed by atoms with Gasteiger partial charge in [0.05, 0.1) is 12.0 Å². The van der Waals surface area contributed by atoms with E-state index in [4.69, 9.17) is 4.74 Å². The molecule has 3 nitrogen and oxygen atoms in total. The van der Waals surface area contributed by atoms with Gasteiger partial charge in [-0.1, -0.05) is 78.9 Å². The van der Waals surface area contributed by atoms with Crippen LogP contribution in [0.3, 0.4) is 0 Å². The standard InChI is InChI=1S/C23H21NO2/c25-23(20-15-19-13-7-8-14-21(19)26-16-20)24-22(17-9-3-1-4-10-17)18-11-5-2-6-12-18/h1-14,20,22H,15-16H2,(H,24,25)/t20-/m0/s1. The molecule has 0 radical (unpaired) electrons. The van der Waals surface area contributed by atoms with Crippen molar-refractivity contribution in [2.75, 3.05) is 6.61 Å². The van der Waals surface area contributed by atoms with E-state index in [1.165, 1.54) is 0 Å². The van der Waals surface area contributed by atoms with E-state index >= 15 is 0 Å². The van der Waals surface area contributed by atoms with Crippen molar-refractivity contribution >= 4 is 5.91 Å². The summed E-state index contributed by atoms with van der Waals surface area (Å²) in [6, 6.07) is 27.9. The third kappa shape index (κ3) is 3.47. The third-order valence-electron chi connectivity index (χ3n) is 4.80. The quantitative estimate of drug-likeness (QED) is 0.773. The fourth-order valence-electron chi connectivity index (χ4n) is 3.41. The minimum absolute atomic E-state index is 0.0252. The van der Waals surface area contributed by atoms with Crippen molar-refractivity contribution in [3.8, 4) is 5.75 Å². The van der Waals surface area contributed by atoms with Gasteiger partial charge in [0, 0.05) is 0 Å². The molecule has 1 amide bonds. The summed E-state index contributed by atoms with van der Waals surface area (Å²) >= 11 is 0. The number of ether oxygens (including phenoxy) is 1. The highest BCUT2D eigenvalue weighted by Crippen LogP contribution is 2.28. The molecule has 1 heterocycles. The highest BCUT2D eigenvalue weighted by Gasteiger charge is 2.28. The lowest BCUT2D eigenvalue weighted by atomic mass is 9.94. The Bertz CT molecular complexity index is 837. The number of amides is 1. The van der Waals surface area contributed by atoms with E-state index in [2.05, 4.69) is 5.32 Å². The summed E-state index contributed by atoms with van der Waals surface area (Å²) < 4.78 is 5.79. The number of benzene rings is 3. The Morgan fingerprint density at radius 1 is 0.846 bits per heavy atom. The number of para-hydroxylation sites is 1. The monoisotopic (exact) mass is 343 g/mol. The fraction of sp³-hybridized carbons (Fsp3) is 0.174. The average Bonchev–Trinajstić information content (AvgIpc) is 2.72. The first-order chi connectivity index (χ1) is 12.8. The second-order valence-electron chi connectivity index (χ2n) is 6.58. The molecule has 130 valence electrons. The molecule has 0 unspecified atom stereocenters. The van der Waals surface area contributed by atoms with Crippen molar-refractivity contribution in [2.45, 2.75) is 12.5 Å². The van der Waals surface area contributed by atoms with E-state index in [0.29, 0.717) is 13.0 Å². The van der Waals surface area contributed by atoms with E-state index in [-0.39, 0.29) is 17.9 Å². The number of nitrogens with one attached hydrogen (secondary N) is 1. The Hall–Kier alpha value is -3.07. The molecule has 0 saturated carbocycles. The Balaban J connectivity index is 1.56.